The monoisotopic (exact) mass is 412 g/mol. The lowest BCUT2D eigenvalue weighted by molar-refractivity contribution is -0.123. The molecule has 1 N–H and O–H groups in total. The molecule has 148 valence electrons. The highest BCUT2D eigenvalue weighted by atomic mass is 32.1. The van der Waals surface area contributed by atoms with E-state index in [0.717, 1.165) is 0 Å². The van der Waals surface area contributed by atoms with E-state index in [4.69, 9.17) is 4.74 Å². The van der Waals surface area contributed by atoms with Crippen molar-refractivity contribution in [1.29, 1.82) is 0 Å². The van der Waals surface area contributed by atoms with Crippen LogP contribution < -0.4 is 15.1 Å². The summed E-state index contributed by atoms with van der Waals surface area (Å²) in [4.78, 5) is 29.6. The van der Waals surface area contributed by atoms with Gasteiger partial charge in [0.1, 0.15) is 0 Å². The van der Waals surface area contributed by atoms with Gasteiger partial charge in [0.25, 0.3) is 5.91 Å². The van der Waals surface area contributed by atoms with Crippen LogP contribution in [-0.4, -0.2) is 29.6 Å². The topological polar surface area (TPSA) is 83.9 Å². The number of hydrogen-bond acceptors (Lipinski definition) is 6. The predicted molar refractivity (Wildman–Crippen MR) is 109 cm³/mol. The lowest BCUT2D eigenvalue weighted by atomic mass is 10.3. The van der Waals surface area contributed by atoms with Crippen LogP contribution in [0.15, 0.2) is 65.1 Å². The first-order valence-corrected chi connectivity index (χ1v) is 9.43. The second-order valence-electron chi connectivity index (χ2n) is 5.76. The van der Waals surface area contributed by atoms with Crippen molar-refractivity contribution in [3.05, 3.63) is 71.5 Å². The molecule has 0 saturated heterocycles. The number of halogens is 1. The molecule has 29 heavy (non-hydrogen) atoms. The highest BCUT2D eigenvalue weighted by Gasteiger charge is 2.17. The van der Waals surface area contributed by atoms with Gasteiger partial charge < -0.3 is 4.74 Å². The molecule has 0 aliphatic rings. The number of hydrogen-bond donors (Lipinski definition) is 1. The Labute approximate surface area is 170 Å². The fraction of sp³-hybridized carbons (Fsp3) is 0.100. The maximum Gasteiger partial charge on any atom is 0.277 e. The molecule has 7 nitrogen and oxygen atoms in total. The number of para-hydroxylation sites is 2. The molecular formula is C20H17FN4O3S. The first-order chi connectivity index (χ1) is 14.0. The van der Waals surface area contributed by atoms with Crippen LogP contribution in [0.5, 0.6) is 5.75 Å². The zero-order valence-electron chi connectivity index (χ0n) is 15.4. The van der Waals surface area contributed by atoms with Crippen LogP contribution in [0.3, 0.4) is 0 Å². The van der Waals surface area contributed by atoms with Gasteiger partial charge in [-0.1, -0.05) is 30.3 Å². The van der Waals surface area contributed by atoms with E-state index in [9.17, 15) is 14.0 Å². The first kappa shape index (κ1) is 20.2. The zero-order valence-corrected chi connectivity index (χ0v) is 16.2. The third-order valence-corrected chi connectivity index (χ3v) is 4.46. The molecule has 0 bridgehead atoms. The summed E-state index contributed by atoms with van der Waals surface area (Å²) in [6.45, 7) is 1.07. The number of carbonyl (C=O) groups excluding carboxylic acids is 2. The number of aromatic nitrogens is 1. The minimum Gasteiger partial charge on any atom is -0.481 e. The van der Waals surface area contributed by atoms with Crippen LogP contribution >= 0.6 is 11.3 Å². The van der Waals surface area contributed by atoms with E-state index in [1.165, 1.54) is 47.6 Å². The van der Waals surface area contributed by atoms with Crippen molar-refractivity contribution in [2.75, 3.05) is 11.5 Å². The van der Waals surface area contributed by atoms with Crippen molar-refractivity contribution in [1.82, 2.24) is 10.4 Å². The van der Waals surface area contributed by atoms with E-state index in [1.807, 2.05) is 30.3 Å². The fourth-order valence-electron chi connectivity index (χ4n) is 2.35. The minimum atomic E-state index is -0.549. The van der Waals surface area contributed by atoms with E-state index in [0.29, 0.717) is 16.5 Å². The molecule has 3 aromatic rings. The van der Waals surface area contributed by atoms with Crippen molar-refractivity contribution in [2.45, 2.75) is 6.92 Å². The molecule has 0 unspecified atom stereocenters. The van der Waals surface area contributed by atoms with Gasteiger partial charge in [-0.05, 0) is 24.3 Å². The fourth-order valence-corrected chi connectivity index (χ4v) is 3.19. The van der Waals surface area contributed by atoms with Gasteiger partial charge in [0, 0.05) is 12.3 Å². The third-order valence-electron chi connectivity index (χ3n) is 3.61. The molecule has 0 atom stereocenters. The summed E-state index contributed by atoms with van der Waals surface area (Å²) >= 11 is 1.27. The Morgan fingerprint density at radius 2 is 1.93 bits per heavy atom. The van der Waals surface area contributed by atoms with Crippen molar-refractivity contribution < 1.29 is 18.7 Å². The van der Waals surface area contributed by atoms with Crippen molar-refractivity contribution in [2.24, 2.45) is 5.10 Å². The summed E-state index contributed by atoms with van der Waals surface area (Å²) in [7, 11) is 0. The van der Waals surface area contributed by atoms with E-state index in [2.05, 4.69) is 15.5 Å². The number of benzene rings is 2. The van der Waals surface area contributed by atoms with Gasteiger partial charge in [-0.2, -0.15) is 5.10 Å². The maximum atomic E-state index is 13.4. The van der Waals surface area contributed by atoms with Crippen LogP contribution in [0.1, 0.15) is 12.6 Å². The number of hydrazone groups is 1. The Kier molecular flexibility index (Phi) is 6.64. The van der Waals surface area contributed by atoms with Crippen LogP contribution in [0.4, 0.5) is 15.2 Å². The molecule has 0 radical (unpaired) electrons. The van der Waals surface area contributed by atoms with E-state index >= 15 is 0 Å². The first-order valence-electron chi connectivity index (χ1n) is 8.55. The van der Waals surface area contributed by atoms with Gasteiger partial charge in [-0.15, -0.1) is 11.3 Å². The molecule has 2 amide bonds. The molecule has 1 aromatic heterocycles. The summed E-state index contributed by atoms with van der Waals surface area (Å²) in [5, 5.41) is 6.00. The largest absolute Gasteiger partial charge is 0.481 e. The molecule has 3 rings (SSSR count). The van der Waals surface area contributed by atoms with Gasteiger partial charge >= 0.3 is 0 Å². The number of thiazole rings is 1. The Hall–Kier alpha value is -3.59. The summed E-state index contributed by atoms with van der Waals surface area (Å²) < 4.78 is 18.5. The van der Waals surface area contributed by atoms with E-state index in [-0.39, 0.29) is 18.3 Å². The Bertz CT molecular complexity index is 1020. The maximum absolute atomic E-state index is 13.4. The highest BCUT2D eigenvalue weighted by Crippen LogP contribution is 2.28. The lowest BCUT2D eigenvalue weighted by Gasteiger charge is -2.17. The van der Waals surface area contributed by atoms with Crippen LogP contribution in [0.2, 0.25) is 0 Å². The molecule has 0 saturated carbocycles. The SMILES string of the molecule is CC(=O)N(c1ccccc1)c1nc(/C=N\NC(=O)COc2ccccc2F)cs1. The Morgan fingerprint density at radius 1 is 1.21 bits per heavy atom. The van der Waals surface area contributed by atoms with E-state index < -0.39 is 11.7 Å². The summed E-state index contributed by atoms with van der Waals surface area (Å²) in [6, 6.07) is 15.0. The number of nitrogens with one attached hydrogen (secondary N) is 1. The lowest BCUT2D eigenvalue weighted by Crippen LogP contribution is -2.24. The number of anilines is 2. The zero-order chi connectivity index (χ0) is 20.6. The summed E-state index contributed by atoms with van der Waals surface area (Å²) in [6.07, 6.45) is 1.35. The second kappa shape index (κ2) is 9.56. The normalized spacial score (nSPS) is 10.7. The molecule has 0 fully saturated rings. The molecule has 2 aromatic carbocycles. The highest BCUT2D eigenvalue weighted by molar-refractivity contribution is 7.14. The number of rotatable bonds is 7. The molecule has 9 heteroatoms. The van der Waals surface area contributed by atoms with Crippen molar-refractivity contribution in [3.63, 3.8) is 0 Å². The van der Waals surface area contributed by atoms with Crippen LogP contribution in [0.25, 0.3) is 0 Å². The van der Waals surface area contributed by atoms with Gasteiger partial charge in [0.05, 0.1) is 17.6 Å². The van der Waals surface area contributed by atoms with Gasteiger partial charge in [-0.25, -0.2) is 14.8 Å². The molecule has 0 spiro atoms. The summed E-state index contributed by atoms with van der Waals surface area (Å²) in [5.74, 6) is -1.28. The summed E-state index contributed by atoms with van der Waals surface area (Å²) in [5.41, 5.74) is 3.46. The standard InChI is InChI=1S/C20H17FN4O3S/c1-14(26)25(16-7-3-2-4-8-16)20-23-15(13-29-20)11-22-24-19(27)12-28-18-10-6-5-9-17(18)21/h2-11,13H,12H2,1H3,(H,24,27)/b22-11-. The second-order valence-corrected chi connectivity index (χ2v) is 6.59. The molecule has 0 aliphatic heterocycles. The average Bonchev–Trinajstić information content (AvgIpc) is 3.16. The smallest absolute Gasteiger partial charge is 0.277 e. The Balaban J connectivity index is 1.58. The van der Waals surface area contributed by atoms with Gasteiger partial charge in [0.15, 0.2) is 23.3 Å². The average molecular weight is 412 g/mol. The Morgan fingerprint density at radius 3 is 2.66 bits per heavy atom. The van der Waals surface area contributed by atoms with Crippen molar-refractivity contribution in [3.8, 4) is 5.75 Å². The van der Waals surface area contributed by atoms with E-state index in [1.54, 1.807) is 11.4 Å². The molecule has 0 aliphatic carbocycles. The quantitative estimate of drug-likeness (QED) is 0.476. The predicted octanol–water partition coefficient (Wildman–Crippen LogP) is 3.50. The third kappa shape index (κ3) is 5.45. The number of nitrogens with zero attached hydrogens (tertiary/aromatic N) is 3. The number of ether oxygens (including phenoxy) is 1. The number of carbonyl (C=O) groups is 2. The van der Waals surface area contributed by atoms with Gasteiger partial charge in [-0.3, -0.25) is 14.5 Å². The van der Waals surface area contributed by atoms with Crippen LogP contribution in [0, 0.1) is 5.82 Å². The van der Waals surface area contributed by atoms with Gasteiger partial charge in [0.2, 0.25) is 5.91 Å². The van der Waals surface area contributed by atoms with Crippen LogP contribution in [-0.2, 0) is 9.59 Å². The molecule has 1 heterocycles. The van der Waals surface area contributed by atoms with Crippen molar-refractivity contribution >= 4 is 40.2 Å². The minimum absolute atomic E-state index is 0.0130. The number of amides is 2. The molecular weight excluding hydrogens is 395 g/mol.